The predicted octanol–water partition coefficient (Wildman–Crippen LogP) is 0.391. The summed E-state index contributed by atoms with van der Waals surface area (Å²) in [6, 6.07) is 1.80. The maximum atomic E-state index is 11.4. The minimum atomic E-state index is -0.0100. The summed E-state index contributed by atoms with van der Waals surface area (Å²) in [4.78, 5) is 19.9. The van der Waals surface area contributed by atoms with Gasteiger partial charge in [0.25, 0.3) is 0 Å². The molecule has 106 valence electrons. The first-order valence-corrected chi connectivity index (χ1v) is 6.18. The number of aromatic nitrogens is 2. The first-order valence-electron chi connectivity index (χ1n) is 6.18. The van der Waals surface area contributed by atoms with Gasteiger partial charge >= 0.3 is 0 Å². The van der Waals surface area contributed by atoms with Crippen molar-refractivity contribution in [3.63, 3.8) is 0 Å². The van der Waals surface area contributed by atoms with Gasteiger partial charge in [-0.25, -0.2) is 9.97 Å². The molecule has 0 fully saturated rings. The van der Waals surface area contributed by atoms with Crippen LogP contribution < -0.4 is 16.0 Å². The van der Waals surface area contributed by atoms with Crippen LogP contribution in [0, 0.1) is 6.92 Å². The Morgan fingerprint density at radius 2 is 2.05 bits per heavy atom. The van der Waals surface area contributed by atoms with Crippen LogP contribution in [0.4, 0.5) is 11.6 Å². The van der Waals surface area contributed by atoms with E-state index >= 15 is 0 Å². The zero-order valence-electron chi connectivity index (χ0n) is 11.6. The second-order valence-electron chi connectivity index (χ2n) is 3.96. The molecule has 0 saturated heterocycles. The number of methoxy groups -OCH3 is 1. The van der Waals surface area contributed by atoms with Crippen molar-refractivity contribution in [3.8, 4) is 0 Å². The molecule has 0 saturated carbocycles. The lowest BCUT2D eigenvalue weighted by Crippen LogP contribution is -2.28. The molecule has 1 amide bonds. The Balaban J connectivity index is 2.32. The molecule has 0 unspecified atom stereocenters. The smallest absolute Gasteiger partial charge is 0.221 e. The van der Waals surface area contributed by atoms with Crippen LogP contribution in [0.15, 0.2) is 6.07 Å². The highest BCUT2D eigenvalue weighted by Crippen LogP contribution is 2.09. The van der Waals surface area contributed by atoms with Crippen molar-refractivity contribution in [2.24, 2.45) is 0 Å². The molecular weight excluding hydrogens is 246 g/mol. The summed E-state index contributed by atoms with van der Waals surface area (Å²) in [7, 11) is 3.40. The van der Waals surface area contributed by atoms with E-state index in [9.17, 15) is 4.79 Å². The molecule has 0 aromatic carbocycles. The summed E-state index contributed by atoms with van der Waals surface area (Å²) in [5.74, 6) is 2.13. The van der Waals surface area contributed by atoms with E-state index in [1.165, 1.54) is 0 Å². The van der Waals surface area contributed by atoms with E-state index in [1.54, 1.807) is 20.2 Å². The van der Waals surface area contributed by atoms with Crippen LogP contribution in [0.25, 0.3) is 0 Å². The molecule has 7 heteroatoms. The standard InChI is InChI=1S/C12H21N5O2/c1-9-16-10(13-2)8-11(17-9)14-5-4-12(18)15-6-7-19-3/h8H,4-7H2,1-3H3,(H,15,18)(H2,13,14,16,17). The molecule has 3 N–H and O–H groups in total. The molecule has 0 aliphatic carbocycles. The Morgan fingerprint density at radius 3 is 2.74 bits per heavy atom. The van der Waals surface area contributed by atoms with Gasteiger partial charge in [-0.15, -0.1) is 0 Å². The number of hydrogen-bond acceptors (Lipinski definition) is 6. The normalized spacial score (nSPS) is 10.1. The van der Waals surface area contributed by atoms with E-state index in [-0.39, 0.29) is 5.91 Å². The Kier molecular flexibility index (Phi) is 6.59. The van der Waals surface area contributed by atoms with Gasteiger partial charge in [-0.05, 0) is 6.92 Å². The molecule has 0 spiro atoms. The lowest BCUT2D eigenvalue weighted by atomic mass is 10.4. The highest BCUT2D eigenvalue weighted by Gasteiger charge is 2.03. The predicted molar refractivity (Wildman–Crippen MR) is 74.3 cm³/mol. The second kappa shape index (κ2) is 8.25. The van der Waals surface area contributed by atoms with Crippen LogP contribution in [0.3, 0.4) is 0 Å². The number of rotatable bonds is 8. The highest BCUT2D eigenvalue weighted by atomic mass is 16.5. The molecule has 0 radical (unpaired) electrons. The van der Waals surface area contributed by atoms with E-state index in [0.29, 0.717) is 37.8 Å². The number of hydrogen-bond donors (Lipinski definition) is 3. The lowest BCUT2D eigenvalue weighted by molar-refractivity contribution is -0.121. The molecular formula is C12H21N5O2. The number of carbonyl (C=O) groups excluding carboxylic acids is 1. The SMILES string of the molecule is CNc1cc(NCCC(=O)NCCOC)nc(C)n1. The van der Waals surface area contributed by atoms with Crippen molar-refractivity contribution >= 4 is 17.5 Å². The van der Waals surface area contributed by atoms with Gasteiger partial charge in [0.1, 0.15) is 17.5 Å². The van der Waals surface area contributed by atoms with Crippen LogP contribution in [-0.4, -0.2) is 49.7 Å². The summed E-state index contributed by atoms with van der Waals surface area (Å²) < 4.78 is 4.85. The van der Waals surface area contributed by atoms with Gasteiger partial charge in [-0.2, -0.15) is 0 Å². The Bertz CT molecular complexity index is 411. The van der Waals surface area contributed by atoms with Gasteiger partial charge in [-0.3, -0.25) is 4.79 Å². The number of nitrogens with one attached hydrogen (secondary N) is 3. The minimum absolute atomic E-state index is 0.0100. The summed E-state index contributed by atoms with van der Waals surface area (Å²) in [5.41, 5.74) is 0. The number of ether oxygens (including phenoxy) is 1. The Morgan fingerprint density at radius 1 is 1.32 bits per heavy atom. The molecule has 1 rings (SSSR count). The number of amides is 1. The summed E-state index contributed by atoms with van der Waals surface area (Å²) in [5, 5.41) is 8.81. The third kappa shape index (κ3) is 6.01. The molecule has 0 bridgehead atoms. The number of aryl methyl sites for hydroxylation is 1. The van der Waals surface area contributed by atoms with Gasteiger partial charge in [0, 0.05) is 39.7 Å². The van der Waals surface area contributed by atoms with E-state index < -0.39 is 0 Å². The zero-order chi connectivity index (χ0) is 14.1. The van der Waals surface area contributed by atoms with Crippen LogP contribution >= 0.6 is 0 Å². The molecule has 0 aliphatic rings. The largest absolute Gasteiger partial charge is 0.383 e. The van der Waals surface area contributed by atoms with E-state index in [2.05, 4.69) is 25.9 Å². The van der Waals surface area contributed by atoms with E-state index in [1.807, 2.05) is 6.92 Å². The molecule has 0 aliphatic heterocycles. The molecule has 1 aromatic rings. The highest BCUT2D eigenvalue weighted by molar-refractivity contribution is 5.76. The quantitative estimate of drug-likeness (QED) is 0.591. The fourth-order valence-corrected chi connectivity index (χ4v) is 1.47. The van der Waals surface area contributed by atoms with E-state index in [4.69, 9.17) is 4.74 Å². The summed E-state index contributed by atoms with van der Waals surface area (Å²) >= 11 is 0. The topological polar surface area (TPSA) is 88.2 Å². The van der Waals surface area contributed by atoms with Gasteiger partial charge in [0.15, 0.2) is 0 Å². The monoisotopic (exact) mass is 267 g/mol. The number of nitrogens with zero attached hydrogens (tertiary/aromatic N) is 2. The van der Waals surface area contributed by atoms with Crippen LogP contribution in [0.5, 0.6) is 0 Å². The summed E-state index contributed by atoms with van der Waals surface area (Å²) in [6.45, 7) is 3.41. The molecule has 1 heterocycles. The fourth-order valence-electron chi connectivity index (χ4n) is 1.47. The minimum Gasteiger partial charge on any atom is -0.383 e. The molecule has 7 nitrogen and oxygen atoms in total. The van der Waals surface area contributed by atoms with Crippen LogP contribution in [-0.2, 0) is 9.53 Å². The van der Waals surface area contributed by atoms with Crippen LogP contribution in [0.1, 0.15) is 12.2 Å². The zero-order valence-corrected chi connectivity index (χ0v) is 11.6. The van der Waals surface area contributed by atoms with Crippen molar-refractivity contribution in [3.05, 3.63) is 11.9 Å². The fraction of sp³-hybridized carbons (Fsp3) is 0.583. The van der Waals surface area contributed by atoms with Crippen molar-refractivity contribution in [1.82, 2.24) is 15.3 Å². The third-order valence-electron chi connectivity index (χ3n) is 2.38. The van der Waals surface area contributed by atoms with Crippen molar-refractivity contribution in [2.45, 2.75) is 13.3 Å². The van der Waals surface area contributed by atoms with Gasteiger partial charge < -0.3 is 20.7 Å². The molecule has 1 aromatic heterocycles. The van der Waals surface area contributed by atoms with Gasteiger partial charge in [0.2, 0.25) is 5.91 Å². The Hall–Kier alpha value is -1.89. The van der Waals surface area contributed by atoms with Crippen molar-refractivity contribution < 1.29 is 9.53 Å². The third-order valence-corrected chi connectivity index (χ3v) is 2.38. The summed E-state index contributed by atoms with van der Waals surface area (Å²) in [6.07, 6.45) is 0.391. The van der Waals surface area contributed by atoms with Gasteiger partial charge in [-0.1, -0.05) is 0 Å². The Labute approximate surface area is 113 Å². The van der Waals surface area contributed by atoms with Crippen molar-refractivity contribution in [2.75, 3.05) is 44.5 Å². The van der Waals surface area contributed by atoms with E-state index in [0.717, 1.165) is 5.82 Å². The van der Waals surface area contributed by atoms with Crippen molar-refractivity contribution in [1.29, 1.82) is 0 Å². The average molecular weight is 267 g/mol. The first-order chi connectivity index (χ1) is 9.15. The number of carbonyl (C=O) groups is 1. The maximum absolute atomic E-state index is 11.4. The molecule has 0 atom stereocenters. The molecule has 19 heavy (non-hydrogen) atoms. The number of anilines is 2. The maximum Gasteiger partial charge on any atom is 0.221 e. The average Bonchev–Trinajstić information content (AvgIpc) is 2.38. The lowest BCUT2D eigenvalue weighted by Gasteiger charge is -2.08. The first kappa shape index (κ1) is 15.2. The van der Waals surface area contributed by atoms with Gasteiger partial charge in [0.05, 0.1) is 6.61 Å². The second-order valence-corrected chi connectivity index (χ2v) is 3.96. The van der Waals surface area contributed by atoms with Crippen LogP contribution in [0.2, 0.25) is 0 Å².